The van der Waals surface area contributed by atoms with Crippen LogP contribution in [0.4, 0.5) is 15.0 Å². The van der Waals surface area contributed by atoms with Crippen molar-refractivity contribution in [3.05, 3.63) is 52.4 Å². The van der Waals surface area contributed by atoms with Crippen molar-refractivity contribution in [3.63, 3.8) is 0 Å². The normalized spacial score (nSPS) is 12.0. The Morgan fingerprint density at radius 3 is 2.46 bits per heavy atom. The van der Waals surface area contributed by atoms with Gasteiger partial charge in [0.25, 0.3) is 0 Å². The number of nitrogens with zero attached hydrogens (tertiary/aromatic N) is 3. The smallest absolute Gasteiger partial charge is 0.416 e. The molecule has 0 spiro atoms. The summed E-state index contributed by atoms with van der Waals surface area (Å²) in [4.78, 5) is 14.2. The van der Waals surface area contributed by atoms with Crippen LogP contribution in [0.5, 0.6) is 0 Å². The lowest BCUT2D eigenvalue weighted by atomic mass is 9.84. The van der Waals surface area contributed by atoms with E-state index in [2.05, 4.69) is 26.1 Å². The van der Waals surface area contributed by atoms with Gasteiger partial charge in [-0.3, -0.25) is 4.90 Å². The van der Waals surface area contributed by atoms with Gasteiger partial charge in [-0.15, -0.1) is 5.10 Å². The summed E-state index contributed by atoms with van der Waals surface area (Å²) >= 11 is 3.41. The molecule has 7 heteroatoms. The van der Waals surface area contributed by atoms with Crippen molar-refractivity contribution >= 4 is 27.8 Å². The number of carbonyl (C=O) groups excluding carboxylic acids is 1. The first-order valence-corrected chi connectivity index (χ1v) is 9.03. The van der Waals surface area contributed by atoms with Gasteiger partial charge in [-0.2, -0.15) is 5.10 Å². The van der Waals surface area contributed by atoms with Crippen LogP contribution in [-0.2, 0) is 10.2 Å². The molecule has 0 saturated carbocycles. The fraction of sp³-hybridized carbons (Fsp3) is 0.421. The molecule has 1 amide bonds. The van der Waals surface area contributed by atoms with Gasteiger partial charge in [0.2, 0.25) is 0 Å². The van der Waals surface area contributed by atoms with Crippen LogP contribution < -0.4 is 4.90 Å². The highest BCUT2D eigenvalue weighted by atomic mass is 79.9. The Balaban J connectivity index is 2.38. The highest BCUT2D eigenvalue weighted by Gasteiger charge is 2.32. The molecule has 0 aliphatic rings. The lowest BCUT2D eigenvalue weighted by Gasteiger charge is -2.34. The van der Waals surface area contributed by atoms with Gasteiger partial charge in [0.05, 0.1) is 0 Å². The van der Waals surface area contributed by atoms with Crippen LogP contribution in [-0.4, -0.2) is 28.4 Å². The Morgan fingerprint density at radius 1 is 1.23 bits per heavy atom. The molecule has 26 heavy (non-hydrogen) atoms. The molecular weight excluding hydrogens is 401 g/mol. The van der Waals surface area contributed by atoms with E-state index in [4.69, 9.17) is 4.74 Å². The summed E-state index contributed by atoms with van der Waals surface area (Å²) in [6.07, 6.45) is 1.03. The minimum Gasteiger partial charge on any atom is -0.443 e. The largest absolute Gasteiger partial charge is 0.443 e. The van der Waals surface area contributed by atoms with Crippen LogP contribution >= 0.6 is 15.9 Å². The van der Waals surface area contributed by atoms with Crippen molar-refractivity contribution in [2.45, 2.75) is 45.6 Å². The summed E-state index contributed by atoms with van der Waals surface area (Å²) in [6.45, 7) is 9.65. The van der Waals surface area contributed by atoms with Gasteiger partial charge in [-0.25, -0.2) is 9.18 Å². The fourth-order valence-corrected chi connectivity index (χ4v) is 3.40. The van der Waals surface area contributed by atoms with Crippen LogP contribution in [0, 0.1) is 5.82 Å². The average molecular weight is 424 g/mol. The molecule has 1 aromatic carbocycles. The van der Waals surface area contributed by atoms with E-state index < -0.39 is 17.1 Å². The van der Waals surface area contributed by atoms with Crippen molar-refractivity contribution in [3.8, 4) is 0 Å². The quantitative estimate of drug-likeness (QED) is 0.686. The number of amides is 1. The van der Waals surface area contributed by atoms with E-state index in [1.54, 1.807) is 45.2 Å². The molecule has 140 valence electrons. The number of rotatable bonds is 4. The molecule has 0 aliphatic heterocycles. The zero-order valence-electron chi connectivity index (χ0n) is 15.6. The summed E-state index contributed by atoms with van der Waals surface area (Å²) in [6, 6.07) is 7.94. The molecule has 5 nitrogen and oxygen atoms in total. The number of carbonyl (C=O) groups is 1. The van der Waals surface area contributed by atoms with Crippen LogP contribution in [0.3, 0.4) is 0 Å². The van der Waals surface area contributed by atoms with Crippen molar-refractivity contribution in [1.29, 1.82) is 0 Å². The second-order valence-corrected chi connectivity index (χ2v) is 8.51. The van der Waals surface area contributed by atoms with E-state index in [9.17, 15) is 9.18 Å². The second kappa shape index (κ2) is 7.70. The van der Waals surface area contributed by atoms with Gasteiger partial charge in [-0.1, -0.05) is 35.8 Å². The predicted octanol–water partition coefficient (Wildman–Crippen LogP) is 5.10. The molecule has 0 radical (unpaired) electrons. The number of hydrogen-bond donors (Lipinski definition) is 0. The Morgan fingerprint density at radius 2 is 1.92 bits per heavy atom. The number of anilines is 1. The van der Waals surface area contributed by atoms with Gasteiger partial charge >= 0.3 is 6.09 Å². The lowest BCUT2D eigenvalue weighted by molar-refractivity contribution is 0.0571. The molecule has 0 unspecified atom stereocenters. The van der Waals surface area contributed by atoms with Crippen molar-refractivity contribution in [2.24, 2.45) is 0 Å². The third-order valence-electron chi connectivity index (χ3n) is 3.66. The van der Waals surface area contributed by atoms with Crippen LogP contribution in [0.2, 0.25) is 0 Å². The van der Waals surface area contributed by atoms with Crippen molar-refractivity contribution < 1.29 is 13.9 Å². The molecule has 0 atom stereocenters. The Hall–Kier alpha value is -2.02. The molecule has 0 N–H and O–H groups in total. The average Bonchev–Trinajstić information content (AvgIpc) is 2.51. The number of halogens is 2. The zero-order chi connectivity index (χ0) is 19.5. The van der Waals surface area contributed by atoms with Gasteiger partial charge in [0.1, 0.15) is 11.4 Å². The topological polar surface area (TPSA) is 55.3 Å². The summed E-state index contributed by atoms with van der Waals surface area (Å²) in [5, 5.41) is 7.91. The molecule has 0 fully saturated rings. The standard InChI is InChI=1S/C19H23BrFN3O2/c1-18(2,3)26-17(25)24(16-7-6-10-22-23-16)12-19(4,5)14-9-8-13(21)11-15(14)20/h6-11H,12H2,1-5H3. The number of aromatic nitrogens is 2. The maximum Gasteiger partial charge on any atom is 0.416 e. The van der Waals surface area contributed by atoms with E-state index in [1.165, 1.54) is 17.0 Å². The summed E-state index contributed by atoms with van der Waals surface area (Å²) < 4.78 is 19.6. The summed E-state index contributed by atoms with van der Waals surface area (Å²) in [5.74, 6) is 0.0717. The van der Waals surface area contributed by atoms with E-state index in [-0.39, 0.29) is 12.4 Å². The molecule has 1 heterocycles. The Labute approximate surface area is 161 Å². The SMILES string of the molecule is CC(C)(C)OC(=O)N(CC(C)(C)c1ccc(F)cc1Br)c1cccnn1. The summed E-state index contributed by atoms with van der Waals surface area (Å²) in [5.41, 5.74) is -0.268. The van der Waals surface area contributed by atoms with E-state index in [0.717, 1.165) is 5.56 Å². The molecule has 0 aliphatic carbocycles. The van der Waals surface area contributed by atoms with Gasteiger partial charge in [0.15, 0.2) is 5.82 Å². The first-order valence-electron chi connectivity index (χ1n) is 8.23. The van der Waals surface area contributed by atoms with Crippen LogP contribution in [0.1, 0.15) is 40.2 Å². The number of benzene rings is 1. The number of ether oxygens (including phenoxy) is 1. The van der Waals surface area contributed by atoms with Crippen molar-refractivity contribution in [1.82, 2.24) is 10.2 Å². The predicted molar refractivity (Wildman–Crippen MR) is 103 cm³/mol. The minimum absolute atomic E-state index is 0.283. The van der Waals surface area contributed by atoms with Crippen LogP contribution in [0.25, 0.3) is 0 Å². The van der Waals surface area contributed by atoms with E-state index >= 15 is 0 Å². The highest BCUT2D eigenvalue weighted by Crippen LogP contribution is 2.33. The maximum atomic E-state index is 13.4. The zero-order valence-corrected chi connectivity index (χ0v) is 17.2. The first kappa shape index (κ1) is 20.3. The Kier molecular flexibility index (Phi) is 6.01. The monoisotopic (exact) mass is 423 g/mol. The maximum absolute atomic E-state index is 13.4. The third kappa shape index (κ3) is 5.24. The fourth-order valence-electron chi connectivity index (χ4n) is 2.51. The Bertz CT molecular complexity index is 776. The van der Waals surface area contributed by atoms with Gasteiger partial charge in [-0.05, 0) is 50.6 Å². The van der Waals surface area contributed by atoms with E-state index in [1.807, 2.05) is 13.8 Å². The lowest BCUT2D eigenvalue weighted by Crippen LogP contribution is -2.44. The van der Waals surface area contributed by atoms with Gasteiger partial charge < -0.3 is 4.74 Å². The van der Waals surface area contributed by atoms with Crippen LogP contribution in [0.15, 0.2) is 41.0 Å². The molecule has 2 rings (SSSR count). The third-order valence-corrected chi connectivity index (χ3v) is 4.32. The van der Waals surface area contributed by atoms with Crippen molar-refractivity contribution in [2.75, 3.05) is 11.4 Å². The van der Waals surface area contributed by atoms with E-state index in [0.29, 0.717) is 10.3 Å². The molecular formula is C19H23BrFN3O2. The van der Waals surface area contributed by atoms with Gasteiger partial charge in [0, 0.05) is 22.6 Å². The summed E-state index contributed by atoms with van der Waals surface area (Å²) in [7, 11) is 0. The highest BCUT2D eigenvalue weighted by molar-refractivity contribution is 9.10. The molecule has 0 bridgehead atoms. The molecule has 0 saturated heterocycles. The first-order chi connectivity index (χ1) is 12.0. The molecule has 2 aromatic rings. The number of hydrogen-bond acceptors (Lipinski definition) is 4. The molecule has 1 aromatic heterocycles. The second-order valence-electron chi connectivity index (χ2n) is 7.66. The minimum atomic E-state index is -0.641.